The van der Waals surface area contributed by atoms with Crippen molar-refractivity contribution >= 4 is 0 Å². The molecule has 0 amide bonds. The molecule has 0 radical (unpaired) electrons. The molecule has 0 aliphatic heterocycles. The van der Waals surface area contributed by atoms with Crippen molar-refractivity contribution in [3.8, 4) is 17.1 Å². The lowest BCUT2D eigenvalue weighted by Gasteiger charge is -2.01. The Morgan fingerprint density at radius 2 is 2.13 bits per heavy atom. The fourth-order valence-electron chi connectivity index (χ4n) is 1.30. The van der Waals surface area contributed by atoms with E-state index < -0.39 is 0 Å². The van der Waals surface area contributed by atoms with Gasteiger partial charge in [0, 0.05) is 6.20 Å². The van der Waals surface area contributed by atoms with Gasteiger partial charge in [-0.25, -0.2) is 0 Å². The molecule has 4 nitrogen and oxygen atoms in total. The van der Waals surface area contributed by atoms with Gasteiger partial charge >= 0.3 is 0 Å². The van der Waals surface area contributed by atoms with Crippen LogP contribution >= 0.6 is 0 Å². The summed E-state index contributed by atoms with van der Waals surface area (Å²) in [6, 6.07) is 8.83. The minimum Gasteiger partial charge on any atom is -0.482 e. The highest BCUT2D eigenvalue weighted by atomic mass is 16.5. The summed E-state index contributed by atoms with van der Waals surface area (Å²) >= 11 is 0. The van der Waals surface area contributed by atoms with Crippen molar-refractivity contribution in [3.05, 3.63) is 46.9 Å². The smallest absolute Gasteiger partial charge is 0.260 e. The predicted molar refractivity (Wildman–Crippen MR) is 56.8 cm³/mol. The van der Waals surface area contributed by atoms with Crippen LogP contribution in [0.1, 0.15) is 0 Å². The van der Waals surface area contributed by atoms with E-state index in [0.717, 1.165) is 0 Å². The minimum absolute atomic E-state index is 0.201. The largest absolute Gasteiger partial charge is 0.482 e. The van der Waals surface area contributed by atoms with Crippen LogP contribution in [0.2, 0.25) is 0 Å². The summed E-state index contributed by atoms with van der Waals surface area (Å²) in [5.74, 6) is 0.444. The van der Waals surface area contributed by atoms with Gasteiger partial charge in [-0.05, 0) is 24.3 Å². The molecular weight excluding hydrogens is 192 g/mol. The molecule has 0 saturated heterocycles. The number of pyridine rings is 2. The van der Waals surface area contributed by atoms with Gasteiger partial charge in [-0.2, -0.15) is 0 Å². The molecule has 0 unspecified atom stereocenters. The number of nitrogens with one attached hydrogen (secondary N) is 1. The van der Waals surface area contributed by atoms with E-state index in [1.54, 1.807) is 30.5 Å². The van der Waals surface area contributed by atoms with E-state index in [9.17, 15) is 4.79 Å². The minimum atomic E-state index is -0.201. The van der Waals surface area contributed by atoms with Gasteiger partial charge in [-0.3, -0.25) is 14.8 Å². The lowest BCUT2D eigenvalue weighted by Crippen LogP contribution is -2.09. The Morgan fingerprint density at radius 1 is 1.27 bits per heavy atom. The fraction of sp³-hybridized carbons (Fsp3) is 0.0909. The SMILES string of the molecule is COc1ccc(-c2ccccn2)c(=O)[nH]1. The Labute approximate surface area is 86.6 Å². The average molecular weight is 202 g/mol. The number of hydrogen-bond donors (Lipinski definition) is 1. The average Bonchev–Trinajstić information content (AvgIpc) is 2.30. The number of rotatable bonds is 2. The van der Waals surface area contributed by atoms with Crippen LogP contribution in [-0.4, -0.2) is 17.1 Å². The molecular formula is C11H10N2O2. The Kier molecular flexibility index (Phi) is 2.49. The molecule has 0 fully saturated rings. The molecule has 0 atom stereocenters. The maximum atomic E-state index is 11.6. The lowest BCUT2D eigenvalue weighted by molar-refractivity contribution is 0.397. The van der Waals surface area contributed by atoms with Gasteiger partial charge in [-0.1, -0.05) is 6.07 Å². The molecule has 15 heavy (non-hydrogen) atoms. The van der Waals surface area contributed by atoms with Gasteiger partial charge in [0.2, 0.25) is 0 Å². The molecule has 2 aromatic heterocycles. The van der Waals surface area contributed by atoms with E-state index >= 15 is 0 Å². The number of hydrogen-bond acceptors (Lipinski definition) is 3. The number of aromatic nitrogens is 2. The van der Waals surface area contributed by atoms with E-state index in [2.05, 4.69) is 9.97 Å². The fourth-order valence-corrected chi connectivity index (χ4v) is 1.30. The molecule has 0 saturated carbocycles. The summed E-state index contributed by atoms with van der Waals surface area (Å²) in [5.41, 5.74) is 0.992. The molecule has 0 bridgehead atoms. The van der Waals surface area contributed by atoms with Crippen LogP contribution in [0.15, 0.2) is 41.3 Å². The van der Waals surface area contributed by atoms with Crippen LogP contribution in [0.3, 0.4) is 0 Å². The quantitative estimate of drug-likeness (QED) is 0.801. The van der Waals surface area contributed by atoms with Gasteiger partial charge in [0.25, 0.3) is 5.56 Å². The molecule has 2 rings (SSSR count). The lowest BCUT2D eigenvalue weighted by atomic mass is 10.2. The molecule has 0 aliphatic rings. The third kappa shape index (κ3) is 1.88. The van der Waals surface area contributed by atoms with Crippen LogP contribution in [-0.2, 0) is 0 Å². The zero-order valence-corrected chi connectivity index (χ0v) is 8.23. The topological polar surface area (TPSA) is 55.0 Å². The Hall–Kier alpha value is -2.10. The van der Waals surface area contributed by atoms with E-state index in [0.29, 0.717) is 17.1 Å². The van der Waals surface area contributed by atoms with Crippen LogP contribution in [0.5, 0.6) is 5.88 Å². The Bertz CT molecular complexity index is 505. The first kappa shape index (κ1) is 9.45. The summed E-state index contributed by atoms with van der Waals surface area (Å²) in [6.45, 7) is 0. The summed E-state index contributed by atoms with van der Waals surface area (Å²) in [6.07, 6.45) is 1.65. The summed E-state index contributed by atoms with van der Waals surface area (Å²) in [5, 5.41) is 0. The second-order valence-electron chi connectivity index (χ2n) is 2.98. The number of nitrogens with zero attached hydrogens (tertiary/aromatic N) is 1. The van der Waals surface area contributed by atoms with Crippen LogP contribution < -0.4 is 10.3 Å². The van der Waals surface area contributed by atoms with E-state index in [1.807, 2.05) is 6.07 Å². The standard InChI is InChI=1S/C11H10N2O2/c1-15-10-6-5-8(11(14)13-10)9-4-2-3-7-12-9/h2-7H,1H3,(H,13,14). The summed E-state index contributed by atoms with van der Waals surface area (Å²) in [7, 11) is 1.51. The first-order chi connectivity index (χ1) is 7.31. The highest BCUT2D eigenvalue weighted by Gasteiger charge is 2.04. The highest BCUT2D eigenvalue weighted by Crippen LogP contribution is 2.12. The molecule has 0 aliphatic carbocycles. The van der Waals surface area contributed by atoms with Crippen molar-refractivity contribution in [2.75, 3.05) is 7.11 Å². The van der Waals surface area contributed by atoms with Gasteiger partial charge < -0.3 is 4.74 Å². The van der Waals surface area contributed by atoms with Gasteiger partial charge in [0.1, 0.15) is 0 Å². The molecule has 4 heteroatoms. The number of methoxy groups -OCH3 is 1. The normalized spacial score (nSPS) is 9.93. The number of aromatic amines is 1. The second kappa shape index (κ2) is 3.96. The molecule has 2 heterocycles. The van der Waals surface area contributed by atoms with Crippen LogP contribution in [0.4, 0.5) is 0 Å². The third-order valence-electron chi connectivity index (χ3n) is 2.04. The van der Waals surface area contributed by atoms with Gasteiger partial charge in [0.05, 0.1) is 18.4 Å². The van der Waals surface area contributed by atoms with Gasteiger partial charge in [0.15, 0.2) is 5.88 Å². The monoisotopic (exact) mass is 202 g/mol. The van der Waals surface area contributed by atoms with E-state index in [4.69, 9.17) is 4.74 Å². The maximum Gasteiger partial charge on any atom is 0.260 e. The first-order valence-electron chi connectivity index (χ1n) is 4.50. The molecule has 0 spiro atoms. The maximum absolute atomic E-state index is 11.6. The van der Waals surface area contributed by atoms with Crippen molar-refractivity contribution in [1.82, 2.24) is 9.97 Å². The zero-order chi connectivity index (χ0) is 10.7. The van der Waals surface area contributed by atoms with Crippen molar-refractivity contribution in [2.24, 2.45) is 0 Å². The molecule has 0 aromatic carbocycles. The molecule has 1 N–H and O–H groups in total. The summed E-state index contributed by atoms with van der Waals surface area (Å²) in [4.78, 5) is 18.3. The Morgan fingerprint density at radius 3 is 2.73 bits per heavy atom. The molecule has 76 valence electrons. The highest BCUT2D eigenvalue weighted by molar-refractivity contribution is 5.57. The zero-order valence-electron chi connectivity index (χ0n) is 8.23. The van der Waals surface area contributed by atoms with Crippen molar-refractivity contribution in [1.29, 1.82) is 0 Å². The number of ether oxygens (including phenoxy) is 1. The van der Waals surface area contributed by atoms with E-state index in [-0.39, 0.29) is 5.56 Å². The number of H-pyrrole nitrogens is 1. The second-order valence-corrected chi connectivity index (χ2v) is 2.98. The van der Waals surface area contributed by atoms with Crippen molar-refractivity contribution in [2.45, 2.75) is 0 Å². The predicted octanol–water partition coefficient (Wildman–Crippen LogP) is 1.45. The first-order valence-corrected chi connectivity index (χ1v) is 4.50. The Balaban J connectivity index is 2.51. The van der Waals surface area contributed by atoms with Crippen LogP contribution in [0.25, 0.3) is 11.3 Å². The van der Waals surface area contributed by atoms with Crippen molar-refractivity contribution in [3.63, 3.8) is 0 Å². The van der Waals surface area contributed by atoms with Crippen LogP contribution in [0, 0.1) is 0 Å². The summed E-state index contributed by atoms with van der Waals surface area (Å²) < 4.78 is 4.91. The third-order valence-corrected chi connectivity index (χ3v) is 2.04. The molecule has 2 aromatic rings. The van der Waals surface area contributed by atoms with Gasteiger partial charge in [-0.15, -0.1) is 0 Å². The van der Waals surface area contributed by atoms with Crippen molar-refractivity contribution < 1.29 is 4.74 Å². The van der Waals surface area contributed by atoms with E-state index in [1.165, 1.54) is 7.11 Å².